The Morgan fingerprint density at radius 2 is 1.44 bits per heavy atom. The Morgan fingerprint density at radius 1 is 0.823 bits per heavy atom. The average Bonchev–Trinajstić information content (AvgIpc) is 3.45. The van der Waals surface area contributed by atoms with Crippen LogP contribution in [0.5, 0.6) is 17.2 Å². The van der Waals surface area contributed by atoms with Gasteiger partial charge in [0.05, 0.1) is 46.6 Å². The number of carbonyl (C=O) groups excluding carboxylic acids is 2. The monoisotopic (exact) mass is 1020 g/mol. The number of benzene rings is 4. The molecule has 1 aliphatic rings. The number of amides is 1. The molecule has 0 bridgehead atoms. The summed E-state index contributed by atoms with van der Waals surface area (Å²) in [4.78, 5) is 22.4. The van der Waals surface area contributed by atoms with Crippen molar-refractivity contribution < 1.29 is 216 Å². The first-order chi connectivity index (χ1) is 26.4. The van der Waals surface area contributed by atoms with E-state index in [1.54, 1.807) is 0 Å². The van der Waals surface area contributed by atoms with E-state index < -0.39 is 120 Å². The summed E-state index contributed by atoms with van der Waals surface area (Å²) in [5, 5.41) is 52.0. The van der Waals surface area contributed by atoms with Gasteiger partial charge in [0.25, 0.3) is 5.91 Å². The molecule has 2 N–H and O–H groups in total. The van der Waals surface area contributed by atoms with Crippen molar-refractivity contribution in [1.82, 2.24) is 0 Å². The molecule has 313 valence electrons. The third-order valence-electron chi connectivity index (χ3n) is 7.52. The molecular formula is C29H20CuN6Na4O18S4. The SMILES string of the molecule is COc1cc(N=Nc2c(S(=O)(=O)[O-])cc3ccc(N=NC4C(=O)N(c5ccc(S(=O)(=O)[O-])cc5)N=C4C(=O)[O-])cc3c2O)c(O)cc1S(=O)(=O)CCOS(=O)(=O)[O-].[Cu].[Na+].[Na+].[Na+].[Na+]. The van der Waals surface area contributed by atoms with E-state index in [-0.39, 0.29) is 157 Å². The molecule has 62 heavy (non-hydrogen) atoms. The van der Waals surface area contributed by atoms with Crippen LogP contribution in [0.2, 0.25) is 0 Å². The van der Waals surface area contributed by atoms with Crippen molar-refractivity contribution in [3.63, 3.8) is 0 Å². The van der Waals surface area contributed by atoms with Crippen molar-refractivity contribution in [3.05, 3.63) is 60.7 Å². The van der Waals surface area contributed by atoms with Crippen molar-refractivity contribution in [3.8, 4) is 17.2 Å². The number of phenolic OH excluding ortho intramolecular Hbond substituents is 2. The van der Waals surface area contributed by atoms with Crippen LogP contribution in [0.25, 0.3) is 10.8 Å². The third kappa shape index (κ3) is 14.5. The number of hydrogen-bond donors (Lipinski definition) is 2. The number of phenols is 2. The number of rotatable bonds is 14. The molecule has 0 aliphatic carbocycles. The zero-order valence-corrected chi connectivity index (χ0v) is 44.5. The number of carboxylic acid groups (broad SMARTS) is 1. The number of carbonyl (C=O) groups is 2. The third-order valence-corrected chi connectivity index (χ3v) is 11.4. The Bertz CT molecular complexity index is 2910. The molecule has 4 aromatic carbocycles. The normalized spacial score (nSPS) is 14.3. The summed E-state index contributed by atoms with van der Waals surface area (Å²) in [6, 6.07) is 7.32. The van der Waals surface area contributed by atoms with E-state index in [2.05, 4.69) is 29.7 Å². The van der Waals surface area contributed by atoms with Crippen molar-refractivity contribution in [2.75, 3.05) is 24.5 Å². The van der Waals surface area contributed by atoms with Gasteiger partial charge in [-0.3, -0.25) is 8.98 Å². The van der Waals surface area contributed by atoms with Gasteiger partial charge in [0, 0.05) is 34.6 Å². The first-order valence-electron chi connectivity index (χ1n) is 14.9. The number of carboxylic acids is 1. The minimum atomic E-state index is -5.42. The number of sulfone groups is 1. The van der Waals surface area contributed by atoms with E-state index >= 15 is 0 Å². The van der Waals surface area contributed by atoms with Gasteiger partial charge in [-0.1, -0.05) is 6.07 Å². The van der Waals surface area contributed by atoms with Gasteiger partial charge < -0.3 is 38.5 Å². The van der Waals surface area contributed by atoms with Crippen molar-refractivity contribution in [1.29, 1.82) is 0 Å². The zero-order chi connectivity index (χ0) is 42.2. The van der Waals surface area contributed by atoms with E-state index in [1.807, 2.05) is 0 Å². The minimum absolute atomic E-state index is 0. The molecule has 5 rings (SSSR count). The van der Waals surface area contributed by atoms with Crippen LogP contribution in [0.1, 0.15) is 0 Å². The van der Waals surface area contributed by atoms with Crippen LogP contribution in [0, 0.1) is 0 Å². The van der Waals surface area contributed by atoms with Gasteiger partial charge in [0.2, 0.25) is 10.4 Å². The molecule has 0 saturated carbocycles. The predicted molar refractivity (Wildman–Crippen MR) is 183 cm³/mol. The molecule has 1 amide bonds. The van der Waals surface area contributed by atoms with Gasteiger partial charge in [-0.15, -0.1) is 10.2 Å². The van der Waals surface area contributed by atoms with Crippen LogP contribution < -0.4 is 133 Å². The second-order valence-corrected chi connectivity index (χ2v) is 17.0. The van der Waals surface area contributed by atoms with Crippen LogP contribution in [0.4, 0.5) is 22.7 Å². The summed E-state index contributed by atoms with van der Waals surface area (Å²) >= 11 is 0. The number of hydrogen-bond acceptors (Lipinski definition) is 23. The van der Waals surface area contributed by atoms with Crippen LogP contribution in [0.15, 0.2) is 101 Å². The largest absolute Gasteiger partial charge is 1.00 e. The molecule has 0 aromatic heterocycles. The first-order valence-corrected chi connectivity index (χ1v) is 20.7. The van der Waals surface area contributed by atoms with Gasteiger partial charge in [0.15, 0.2) is 21.6 Å². The Morgan fingerprint density at radius 3 is 1.97 bits per heavy atom. The number of nitrogens with zero attached hydrogens (tertiary/aromatic N) is 6. The van der Waals surface area contributed by atoms with Crippen molar-refractivity contribution in [2.45, 2.75) is 20.7 Å². The standard InChI is InChI=1S/C29H24N6O18S4.Cu.4Na/c1-52-21-12-19(20(36)13-22(21)54(41,42)9-8-53-57(49,50)51)31-32-24-23(56(46,47)48)10-14-2-3-15(11-18(14)27(24)37)30-33-25-26(29(39)40)34-35(28(25)38)16-4-6-17(7-5-16)55(43,44)45;;;;;/h2-7,10-13,25,36-37H,8-9H2,1H3,(H,39,40)(H,43,44,45)(H,46,47,48)(H,49,50,51);;;;;/q;;4*+1/p-4. The molecule has 0 spiro atoms. The number of hydrazone groups is 1. The number of aliphatic carboxylic acids is 1. The maximum absolute atomic E-state index is 13.1. The van der Waals surface area contributed by atoms with Crippen molar-refractivity contribution >= 4 is 91.6 Å². The molecule has 24 nitrogen and oxygen atoms in total. The molecule has 33 heteroatoms. The van der Waals surface area contributed by atoms with E-state index in [9.17, 15) is 72.2 Å². The molecule has 4 aromatic rings. The van der Waals surface area contributed by atoms with Gasteiger partial charge in [-0.2, -0.15) is 20.3 Å². The molecule has 0 saturated heterocycles. The Kier molecular flexibility index (Phi) is 23.2. The van der Waals surface area contributed by atoms with E-state index in [4.69, 9.17) is 4.74 Å². The predicted octanol–water partition coefficient (Wildman–Crippen LogP) is -11.6. The smallest absolute Gasteiger partial charge is 0.744 e. The second-order valence-electron chi connectivity index (χ2n) is 11.2. The number of azo groups is 2. The summed E-state index contributed by atoms with van der Waals surface area (Å²) in [5.74, 6) is -6.54. The Labute approximate surface area is 450 Å². The summed E-state index contributed by atoms with van der Waals surface area (Å²) in [6.07, 6.45) is 0. The van der Waals surface area contributed by atoms with Gasteiger partial charge in [-0.05, 0) is 47.9 Å². The van der Waals surface area contributed by atoms with E-state index in [0.717, 1.165) is 61.7 Å². The molecular weight excluding hydrogens is 1000 g/mol. The zero-order valence-electron chi connectivity index (χ0n) is 32.3. The summed E-state index contributed by atoms with van der Waals surface area (Å²) in [6.45, 7) is -1.08. The Balaban J connectivity index is 0.00000744. The summed E-state index contributed by atoms with van der Waals surface area (Å²) < 4.78 is 137. The molecule has 1 radical (unpaired) electrons. The summed E-state index contributed by atoms with van der Waals surface area (Å²) in [7, 11) is -19.0. The number of anilines is 1. The summed E-state index contributed by atoms with van der Waals surface area (Å²) in [5.41, 5.74) is -2.87. The molecule has 0 fully saturated rings. The topological polar surface area (TPSA) is 387 Å². The van der Waals surface area contributed by atoms with E-state index in [0.29, 0.717) is 11.1 Å². The quantitative estimate of drug-likeness (QED) is 0.0512. The minimum Gasteiger partial charge on any atom is -0.744 e. The number of ether oxygens (including phenoxy) is 1. The molecule has 1 heterocycles. The van der Waals surface area contributed by atoms with Gasteiger partial charge in [0.1, 0.15) is 53.7 Å². The number of methoxy groups -OCH3 is 1. The average molecular weight is 1020 g/mol. The fourth-order valence-electron chi connectivity index (χ4n) is 4.92. The molecule has 1 atom stereocenters. The van der Waals surface area contributed by atoms with Crippen LogP contribution in [-0.2, 0) is 71.3 Å². The number of fused-ring (bicyclic) bond motifs is 1. The van der Waals surface area contributed by atoms with Crippen LogP contribution in [0.3, 0.4) is 0 Å². The molecule has 1 unspecified atom stereocenters. The molecule has 1 aliphatic heterocycles. The second kappa shape index (κ2) is 23.8. The maximum Gasteiger partial charge on any atom is 1.00 e. The first kappa shape index (κ1) is 60.5. The van der Waals surface area contributed by atoms with E-state index in [1.165, 1.54) is 0 Å². The fourth-order valence-corrected chi connectivity index (χ4v) is 7.69. The Hall–Kier alpha value is -1.49. The van der Waals surface area contributed by atoms with Crippen molar-refractivity contribution in [2.24, 2.45) is 25.6 Å². The van der Waals surface area contributed by atoms with Gasteiger partial charge >= 0.3 is 118 Å². The fraction of sp³-hybridized carbons (Fsp3) is 0.138. The van der Waals surface area contributed by atoms with Gasteiger partial charge in [-0.25, -0.2) is 33.7 Å². The number of aromatic hydroxyl groups is 2. The maximum atomic E-state index is 13.1. The van der Waals surface area contributed by atoms with Crippen LogP contribution >= 0.6 is 0 Å². The van der Waals surface area contributed by atoms with Crippen LogP contribution in [-0.4, -0.2) is 101 Å².